The zero-order valence-corrected chi connectivity index (χ0v) is 11.1. The molecule has 2 aliphatic rings. The van der Waals surface area contributed by atoms with Crippen molar-refractivity contribution in [3.63, 3.8) is 0 Å². The highest BCUT2D eigenvalue weighted by molar-refractivity contribution is 5.84. The quantitative estimate of drug-likeness (QED) is 0.894. The molecule has 0 spiro atoms. The normalized spacial score (nSPS) is 24.6. The van der Waals surface area contributed by atoms with Crippen molar-refractivity contribution in [3.8, 4) is 0 Å². The van der Waals surface area contributed by atoms with Gasteiger partial charge in [0.2, 0.25) is 11.8 Å². The molecule has 5 heteroatoms. The third-order valence-electron chi connectivity index (χ3n) is 4.24. The first-order valence-electron chi connectivity index (χ1n) is 6.94. The van der Waals surface area contributed by atoms with Gasteiger partial charge in [0.25, 0.3) is 0 Å². The predicted molar refractivity (Wildman–Crippen MR) is 71.3 cm³/mol. The molecule has 1 N–H and O–H groups in total. The van der Waals surface area contributed by atoms with E-state index < -0.39 is 0 Å². The Morgan fingerprint density at radius 1 is 1.35 bits per heavy atom. The van der Waals surface area contributed by atoms with Crippen molar-refractivity contribution in [3.05, 3.63) is 35.6 Å². The van der Waals surface area contributed by atoms with E-state index in [1.807, 2.05) is 0 Å². The van der Waals surface area contributed by atoms with E-state index in [9.17, 15) is 14.0 Å². The minimum atomic E-state index is -0.266. The van der Waals surface area contributed by atoms with Crippen LogP contribution in [0.1, 0.15) is 12.0 Å². The molecular weight excluding hydrogens is 259 g/mol. The topological polar surface area (TPSA) is 49.4 Å². The molecule has 2 aliphatic heterocycles. The van der Waals surface area contributed by atoms with E-state index in [0.29, 0.717) is 38.0 Å². The maximum atomic E-state index is 13.5. The Morgan fingerprint density at radius 2 is 2.15 bits per heavy atom. The molecule has 20 heavy (non-hydrogen) atoms. The van der Waals surface area contributed by atoms with Gasteiger partial charge in [-0.15, -0.1) is 0 Å². The molecule has 2 fully saturated rings. The molecule has 3 rings (SSSR count). The van der Waals surface area contributed by atoms with Crippen LogP contribution in [0.2, 0.25) is 0 Å². The summed E-state index contributed by atoms with van der Waals surface area (Å²) >= 11 is 0. The minimum Gasteiger partial charge on any atom is -0.355 e. The average molecular weight is 276 g/mol. The van der Waals surface area contributed by atoms with Crippen LogP contribution in [0.5, 0.6) is 0 Å². The molecule has 2 heterocycles. The molecule has 4 nitrogen and oxygen atoms in total. The molecule has 0 saturated carbocycles. The summed E-state index contributed by atoms with van der Waals surface area (Å²) in [6.45, 7) is 1.81. The summed E-state index contributed by atoms with van der Waals surface area (Å²) in [6, 6.07) is 6.52. The second kappa shape index (κ2) is 5.23. The highest BCUT2D eigenvalue weighted by Crippen LogP contribution is 2.27. The van der Waals surface area contributed by atoms with Crippen LogP contribution in [0.3, 0.4) is 0 Å². The number of halogens is 1. The first-order valence-corrected chi connectivity index (χ1v) is 6.94. The zero-order chi connectivity index (χ0) is 14.1. The number of nitrogens with zero attached hydrogens (tertiary/aromatic N) is 1. The Labute approximate surface area is 117 Å². The molecule has 2 saturated heterocycles. The van der Waals surface area contributed by atoms with Gasteiger partial charge >= 0.3 is 0 Å². The first-order chi connectivity index (χ1) is 9.65. The van der Waals surface area contributed by atoms with Crippen molar-refractivity contribution in [1.82, 2.24) is 10.2 Å². The lowest BCUT2D eigenvalue weighted by atomic mass is 10.0. The van der Waals surface area contributed by atoms with Crippen LogP contribution >= 0.6 is 0 Å². The summed E-state index contributed by atoms with van der Waals surface area (Å²) < 4.78 is 13.5. The van der Waals surface area contributed by atoms with Crippen LogP contribution in [0.4, 0.5) is 4.39 Å². The average Bonchev–Trinajstić information content (AvgIpc) is 3.00. The van der Waals surface area contributed by atoms with Gasteiger partial charge in [0, 0.05) is 32.0 Å². The second-order valence-electron chi connectivity index (χ2n) is 5.50. The van der Waals surface area contributed by atoms with Crippen molar-refractivity contribution in [2.45, 2.75) is 12.8 Å². The fourth-order valence-corrected chi connectivity index (χ4v) is 3.04. The zero-order valence-electron chi connectivity index (χ0n) is 11.1. The molecule has 1 aromatic rings. The number of fused-ring (bicyclic) bond motifs is 1. The largest absolute Gasteiger partial charge is 0.355 e. The number of likely N-dealkylation sites (tertiary alicyclic amines) is 1. The molecule has 0 radical (unpaired) electrons. The van der Waals surface area contributed by atoms with Gasteiger partial charge in [0.15, 0.2) is 0 Å². The number of benzene rings is 1. The molecular formula is C15H17FN2O2. The van der Waals surface area contributed by atoms with E-state index in [2.05, 4.69) is 5.32 Å². The molecule has 1 aromatic carbocycles. The SMILES string of the molecule is O=C1NC[C@@H]2CN(C(=O)CCc3ccccc3F)C[C@H]12. The third-order valence-corrected chi connectivity index (χ3v) is 4.24. The van der Waals surface area contributed by atoms with Gasteiger partial charge in [-0.3, -0.25) is 9.59 Å². The first kappa shape index (κ1) is 13.1. The lowest BCUT2D eigenvalue weighted by Crippen LogP contribution is -2.33. The van der Waals surface area contributed by atoms with Gasteiger partial charge < -0.3 is 10.2 Å². The number of hydrogen-bond acceptors (Lipinski definition) is 2. The third kappa shape index (κ3) is 2.40. The molecule has 0 aliphatic carbocycles. The summed E-state index contributed by atoms with van der Waals surface area (Å²) in [7, 11) is 0. The number of nitrogens with one attached hydrogen (secondary N) is 1. The maximum Gasteiger partial charge on any atom is 0.225 e. The molecule has 0 unspecified atom stereocenters. The van der Waals surface area contributed by atoms with E-state index in [1.165, 1.54) is 6.07 Å². The van der Waals surface area contributed by atoms with E-state index >= 15 is 0 Å². The molecule has 0 bridgehead atoms. The molecule has 2 atom stereocenters. The van der Waals surface area contributed by atoms with Crippen LogP contribution < -0.4 is 5.32 Å². The Morgan fingerprint density at radius 3 is 2.90 bits per heavy atom. The van der Waals surface area contributed by atoms with Crippen LogP contribution in [-0.4, -0.2) is 36.3 Å². The van der Waals surface area contributed by atoms with E-state index in [1.54, 1.807) is 23.1 Å². The lowest BCUT2D eigenvalue weighted by Gasteiger charge is -2.17. The van der Waals surface area contributed by atoms with E-state index in [-0.39, 0.29) is 29.5 Å². The summed E-state index contributed by atoms with van der Waals surface area (Å²) in [6.07, 6.45) is 0.700. The van der Waals surface area contributed by atoms with Crippen molar-refractivity contribution in [1.29, 1.82) is 0 Å². The van der Waals surface area contributed by atoms with Gasteiger partial charge in [-0.05, 0) is 18.1 Å². The minimum absolute atomic E-state index is 0.00968. The number of amides is 2. The van der Waals surface area contributed by atoms with Crippen LogP contribution in [0.25, 0.3) is 0 Å². The lowest BCUT2D eigenvalue weighted by molar-refractivity contribution is -0.130. The van der Waals surface area contributed by atoms with Gasteiger partial charge in [0.1, 0.15) is 5.82 Å². The predicted octanol–water partition coefficient (Wildman–Crippen LogP) is 0.963. The Bertz CT molecular complexity index is 546. The van der Waals surface area contributed by atoms with Crippen molar-refractivity contribution < 1.29 is 14.0 Å². The van der Waals surface area contributed by atoms with E-state index in [0.717, 1.165) is 0 Å². The van der Waals surface area contributed by atoms with Crippen LogP contribution in [0.15, 0.2) is 24.3 Å². The van der Waals surface area contributed by atoms with Crippen molar-refractivity contribution in [2.75, 3.05) is 19.6 Å². The fourth-order valence-electron chi connectivity index (χ4n) is 3.04. The van der Waals surface area contributed by atoms with Crippen LogP contribution in [-0.2, 0) is 16.0 Å². The van der Waals surface area contributed by atoms with Gasteiger partial charge in [0.05, 0.1) is 5.92 Å². The molecule has 2 amide bonds. The summed E-state index contributed by atoms with van der Waals surface area (Å²) in [5.41, 5.74) is 0.568. The van der Waals surface area contributed by atoms with Gasteiger partial charge in [-0.1, -0.05) is 18.2 Å². The monoisotopic (exact) mass is 276 g/mol. The highest BCUT2D eigenvalue weighted by atomic mass is 19.1. The number of hydrogen-bond donors (Lipinski definition) is 1. The van der Waals surface area contributed by atoms with Gasteiger partial charge in [-0.2, -0.15) is 0 Å². The standard InChI is InChI=1S/C15H17FN2O2/c16-13-4-2-1-3-10(13)5-6-14(19)18-8-11-7-17-15(20)12(11)9-18/h1-4,11-12H,5-9H2,(H,17,20)/t11-,12+/m1/s1. The molecule has 106 valence electrons. The maximum absolute atomic E-state index is 13.5. The Kier molecular flexibility index (Phi) is 3.42. The molecule has 0 aromatic heterocycles. The highest BCUT2D eigenvalue weighted by Gasteiger charge is 2.43. The number of rotatable bonds is 3. The Balaban J connectivity index is 1.56. The number of carbonyl (C=O) groups excluding carboxylic acids is 2. The smallest absolute Gasteiger partial charge is 0.225 e. The summed E-state index contributed by atoms with van der Waals surface area (Å²) in [4.78, 5) is 25.4. The van der Waals surface area contributed by atoms with Gasteiger partial charge in [-0.25, -0.2) is 4.39 Å². The van der Waals surface area contributed by atoms with Crippen LogP contribution in [0, 0.1) is 17.7 Å². The summed E-state index contributed by atoms with van der Waals surface area (Å²) in [5, 5.41) is 2.82. The van der Waals surface area contributed by atoms with E-state index in [4.69, 9.17) is 0 Å². The van der Waals surface area contributed by atoms with Crippen molar-refractivity contribution in [2.24, 2.45) is 11.8 Å². The Hall–Kier alpha value is -1.91. The number of carbonyl (C=O) groups is 2. The second-order valence-corrected chi connectivity index (χ2v) is 5.50. The summed E-state index contributed by atoms with van der Waals surface area (Å²) in [5.74, 6) is 0.000138. The van der Waals surface area contributed by atoms with Crippen molar-refractivity contribution >= 4 is 11.8 Å². The fraction of sp³-hybridized carbons (Fsp3) is 0.467. The number of aryl methyl sites for hydroxylation is 1.